The summed E-state index contributed by atoms with van der Waals surface area (Å²) in [4.78, 5) is 70.8. The van der Waals surface area contributed by atoms with Gasteiger partial charge in [0.25, 0.3) is 0 Å². The second-order valence-corrected chi connectivity index (χ2v) is 20.8. The fraction of sp³-hybridized carbons (Fsp3) is 0.429. The zero-order valence-corrected chi connectivity index (χ0v) is 43.8. The summed E-state index contributed by atoms with van der Waals surface area (Å²) in [6, 6.07) is 22.0. The van der Waals surface area contributed by atoms with Crippen molar-refractivity contribution < 1.29 is 44.0 Å². The summed E-state index contributed by atoms with van der Waals surface area (Å²) in [7, 11) is 2.72. The van der Waals surface area contributed by atoms with E-state index in [2.05, 4.69) is 76.4 Å². The lowest BCUT2D eigenvalue weighted by Gasteiger charge is -2.36. The Morgan fingerprint density at radius 2 is 0.919 bits per heavy atom. The van der Waals surface area contributed by atoms with Gasteiger partial charge in [-0.1, -0.05) is 53.4 Å². The molecule has 2 amide bonds. The van der Waals surface area contributed by atoms with Gasteiger partial charge in [-0.15, -0.1) is 20.4 Å². The van der Waals surface area contributed by atoms with Crippen molar-refractivity contribution in [2.24, 2.45) is 0 Å². The molecule has 1 aliphatic carbocycles. The number of ether oxygens (including phenoxy) is 2. The highest BCUT2D eigenvalue weighted by atomic mass is 79.9. The number of hydrogen-bond donors (Lipinski definition) is 5. The second kappa shape index (κ2) is 25.5. The number of nitrogens with one attached hydrogen (secondary N) is 2. The molecule has 4 fully saturated rings. The number of hydrogen-bond acceptors (Lipinski definition) is 22. The van der Waals surface area contributed by atoms with Gasteiger partial charge in [0.15, 0.2) is 0 Å². The molecular formula is C49H56BrN13O9S2. The number of esters is 2. The van der Waals surface area contributed by atoms with E-state index >= 15 is 0 Å². The molecule has 4 aliphatic rings. The maximum atomic E-state index is 12.7. The van der Waals surface area contributed by atoms with Crippen LogP contribution < -0.4 is 25.3 Å². The van der Waals surface area contributed by atoms with Gasteiger partial charge in [-0.05, 0) is 83.7 Å². The molecule has 0 aromatic carbocycles. The van der Waals surface area contributed by atoms with Crippen LogP contribution in [0.1, 0.15) is 70.3 Å². The molecule has 22 nitrogen and oxygen atoms in total. The predicted molar refractivity (Wildman–Crippen MR) is 279 cm³/mol. The van der Waals surface area contributed by atoms with E-state index in [4.69, 9.17) is 0 Å². The Bertz CT molecular complexity index is 2760. The summed E-state index contributed by atoms with van der Waals surface area (Å²) in [5, 5.41) is 54.0. The molecule has 3 aliphatic heterocycles. The van der Waals surface area contributed by atoms with Crippen molar-refractivity contribution in [1.82, 2.24) is 40.3 Å². The van der Waals surface area contributed by atoms with Crippen LogP contribution >= 0.6 is 38.6 Å². The Morgan fingerprint density at radius 3 is 1.28 bits per heavy atom. The zero-order valence-electron chi connectivity index (χ0n) is 40.6. The lowest BCUT2D eigenvalue weighted by Crippen LogP contribution is -2.51. The van der Waals surface area contributed by atoms with Crippen LogP contribution in [0.4, 0.5) is 27.7 Å². The van der Waals surface area contributed by atoms with Gasteiger partial charge in [0.05, 0.1) is 81.0 Å². The highest BCUT2D eigenvalue weighted by Crippen LogP contribution is 2.43. The van der Waals surface area contributed by atoms with Gasteiger partial charge in [0, 0.05) is 51.1 Å². The van der Waals surface area contributed by atoms with Crippen LogP contribution in [0.2, 0.25) is 0 Å². The fourth-order valence-corrected chi connectivity index (χ4v) is 10.5. The second-order valence-electron chi connectivity index (χ2n) is 18.0. The third kappa shape index (κ3) is 15.2. The number of nitrogens with zero attached hydrogens (tertiary/aromatic N) is 11. The van der Waals surface area contributed by atoms with Crippen LogP contribution in [0.15, 0.2) is 77.4 Å². The molecule has 0 radical (unpaired) electrons. The van der Waals surface area contributed by atoms with Gasteiger partial charge in [-0.3, -0.25) is 19.2 Å². The predicted octanol–water partition coefficient (Wildman–Crippen LogP) is 3.88. The van der Waals surface area contributed by atoms with Crippen molar-refractivity contribution in [2.75, 3.05) is 78.8 Å². The molecule has 2 atom stereocenters. The van der Waals surface area contributed by atoms with Crippen LogP contribution in [0.5, 0.6) is 0 Å². The Hall–Kier alpha value is -6.64. The number of aliphatic hydroxyl groups is 3. The Morgan fingerprint density at radius 1 is 0.554 bits per heavy atom. The maximum Gasteiger partial charge on any atom is 0.311 e. The molecule has 390 valence electrons. The van der Waals surface area contributed by atoms with Gasteiger partial charge < -0.3 is 50.1 Å². The first-order valence-electron chi connectivity index (χ1n) is 23.9. The van der Waals surface area contributed by atoms with Crippen molar-refractivity contribution in [3.63, 3.8) is 0 Å². The largest absolute Gasteiger partial charge is 0.469 e. The number of carbonyl (C=O) groups is 4. The van der Waals surface area contributed by atoms with Crippen molar-refractivity contribution in [1.29, 1.82) is 0 Å². The number of amides is 2. The van der Waals surface area contributed by atoms with E-state index in [1.54, 1.807) is 18.2 Å². The van der Waals surface area contributed by atoms with Crippen LogP contribution in [-0.4, -0.2) is 151 Å². The number of rotatable bonds is 15. The Kier molecular flexibility index (Phi) is 18.5. The molecule has 1 saturated carbocycles. The van der Waals surface area contributed by atoms with Gasteiger partial charge >= 0.3 is 11.9 Å². The Balaban J connectivity index is 0.000000211. The topological polar surface area (TPSA) is 284 Å². The first-order chi connectivity index (χ1) is 35.7. The normalized spacial score (nSPS) is 17.5. The smallest absolute Gasteiger partial charge is 0.311 e. The molecule has 9 heterocycles. The summed E-state index contributed by atoms with van der Waals surface area (Å²) in [6.45, 7) is 3.42. The standard InChI is InChI=1S/C30H34N10O4S2.C11H14N2O3.C8H8BrNO2/c41-21-13-39(14-21)23-8-2-6-19(31-23)11-25(43)33-29-37-35-27(45-29)17-4-1-5-18(10-17)28-36-38-30(46-28)34-26(44)12-20-7-3-9-24(32-20)40-15-22(42)16-40;1-16-11(15)5-8-3-2-4-10(12-8)13-6-9(14)7-13;1-12-8(11)5-6-3-2-4-7(9)10-6/h2-3,6-9,17-18,21-22,41-42H,1,4-5,10-16H2,(H,33,37,43)(H,34,38,44);2-4,9,14H,5-7H2,1H3;2-4H,5H2,1H3/t17-,18-;;/m0../s1. The SMILES string of the molecule is COC(=O)Cc1cccc(Br)n1.COC(=O)Cc1cccc(N2CC(O)C2)n1.O=C(Cc1cccc(N2CC(O)C2)n1)Nc1nnc([C@H]2CCC[C@H](c3nnc(NC(=O)Cc4cccc(N5CC(O)C5)n4)s3)C2)s1. The minimum Gasteiger partial charge on any atom is -0.469 e. The fourth-order valence-electron chi connectivity index (χ4n) is 8.33. The van der Waals surface area contributed by atoms with Gasteiger partial charge in [-0.2, -0.15) is 0 Å². The minimum absolute atomic E-state index is 0.118. The number of aromatic nitrogens is 8. The number of anilines is 5. The molecule has 10 rings (SSSR count). The molecule has 3 saturated heterocycles. The molecule has 5 N–H and O–H groups in total. The molecule has 74 heavy (non-hydrogen) atoms. The highest BCUT2D eigenvalue weighted by molar-refractivity contribution is 9.10. The van der Waals surface area contributed by atoms with Gasteiger partial charge in [0.1, 0.15) is 32.1 Å². The number of pyridine rings is 4. The molecule has 25 heteroatoms. The number of carbonyl (C=O) groups excluding carboxylic acids is 4. The monoisotopic (exact) mass is 1110 g/mol. The minimum atomic E-state index is -0.325. The summed E-state index contributed by atoms with van der Waals surface area (Å²) in [5.41, 5.74) is 2.69. The third-order valence-electron chi connectivity index (χ3n) is 12.2. The van der Waals surface area contributed by atoms with Gasteiger partial charge in [0.2, 0.25) is 22.1 Å². The number of halogens is 1. The lowest BCUT2D eigenvalue weighted by molar-refractivity contribution is -0.140. The molecule has 6 aromatic heterocycles. The summed E-state index contributed by atoms with van der Waals surface area (Å²) in [5.74, 6) is 1.71. The van der Waals surface area contributed by atoms with E-state index in [1.807, 2.05) is 69.3 Å². The molecular weight excluding hydrogens is 1060 g/mol. The summed E-state index contributed by atoms with van der Waals surface area (Å²) < 4.78 is 9.80. The average molecular weight is 1120 g/mol. The van der Waals surface area contributed by atoms with Crippen LogP contribution in [0, 0.1) is 0 Å². The van der Waals surface area contributed by atoms with E-state index in [-0.39, 0.29) is 79.6 Å². The molecule has 0 unspecified atom stereocenters. The van der Waals surface area contributed by atoms with E-state index in [9.17, 15) is 34.5 Å². The third-order valence-corrected chi connectivity index (χ3v) is 14.7. The Labute approximate surface area is 442 Å². The summed E-state index contributed by atoms with van der Waals surface area (Å²) in [6.07, 6.45) is 3.53. The first kappa shape index (κ1) is 53.6. The average Bonchev–Trinajstić information content (AvgIpc) is 4.04. The molecule has 0 spiro atoms. The maximum absolute atomic E-state index is 12.7. The van der Waals surface area contributed by atoms with Crippen molar-refractivity contribution in [2.45, 2.75) is 81.5 Å². The van der Waals surface area contributed by atoms with Crippen LogP contribution in [0.3, 0.4) is 0 Å². The molecule has 6 aromatic rings. The van der Waals surface area contributed by atoms with Crippen LogP contribution in [-0.2, 0) is 54.3 Å². The number of β-amino-alcohol motifs (C(OH)–C–C–N with tert-alkyl or cyclic N) is 3. The lowest BCUT2D eigenvalue weighted by atomic mass is 9.82. The van der Waals surface area contributed by atoms with E-state index in [0.717, 1.165) is 57.8 Å². The van der Waals surface area contributed by atoms with E-state index < -0.39 is 0 Å². The van der Waals surface area contributed by atoms with E-state index in [1.165, 1.54) is 36.9 Å². The molecule has 0 bridgehead atoms. The number of aliphatic hydroxyl groups excluding tert-OH is 3. The van der Waals surface area contributed by atoms with Gasteiger partial charge in [-0.25, -0.2) is 19.9 Å². The van der Waals surface area contributed by atoms with Crippen molar-refractivity contribution in [3.05, 3.63) is 110 Å². The first-order valence-corrected chi connectivity index (χ1v) is 26.4. The van der Waals surface area contributed by atoms with Crippen molar-refractivity contribution in [3.8, 4) is 0 Å². The van der Waals surface area contributed by atoms with E-state index in [0.29, 0.717) is 72.3 Å². The van der Waals surface area contributed by atoms with Crippen LogP contribution in [0.25, 0.3) is 0 Å². The summed E-state index contributed by atoms with van der Waals surface area (Å²) >= 11 is 6.01. The zero-order chi connectivity index (χ0) is 52.1. The number of methoxy groups -OCH3 is 2. The quantitative estimate of drug-likeness (QED) is 0.0720. The van der Waals surface area contributed by atoms with Crippen molar-refractivity contribution >= 4 is 90.1 Å². The highest BCUT2D eigenvalue weighted by Gasteiger charge is 2.31.